The number of nitrogens with zero attached hydrogens (tertiary/aromatic N) is 2. The largest absolute Gasteiger partial charge is 0.356 e. The second kappa shape index (κ2) is 10.2. The van der Waals surface area contributed by atoms with E-state index in [0.29, 0.717) is 13.1 Å². The highest BCUT2D eigenvalue weighted by molar-refractivity contribution is 5.81. The number of aromatic nitrogens is 2. The minimum Gasteiger partial charge on any atom is -0.356 e. The van der Waals surface area contributed by atoms with Crippen LogP contribution in [0.15, 0.2) is 24.3 Å². The molecule has 0 atom stereocenters. The van der Waals surface area contributed by atoms with Gasteiger partial charge in [0.15, 0.2) is 0 Å². The summed E-state index contributed by atoms with van der Waals surface area (Å²) in [6.07, 6.45) is 8.11. The standard InChI is InChI=1S/C22H32N4O2/c1-2-14-23-21(27)16-26-19-12-7-6-11-18(19)25-20(26)13-8-15-24-22(28)17-9-4-3-5-10-17/h6-7,11-12,17H,2-5,8-10,13-16H2,1H3,(H,23,27)(H,24,28). The average molecular weight is 385 g/mol. The molecule has 1 fully saturated rings. The summed E-state index contributed by atoms with van der Waals surface area (Å²) in [6, 6.07) is 7.91. The van der Waals surface area contributed by atoms with E-state index in [1.807, 2.05) is 35.8 Å². The van der Waals surface area contributed by atoms with Gasteiger partial charge < -0.3 is 15.2 Å². The van der Waals surface area contributed by atoms with Crippen molar-refractivity contribution in [1.82, 2.24) is 20.2 Å². The minimum atomic E-state index is 0.0110. The molecule has 1 saturated carbocycles. The van der Waals surface area contributed by atoms with Gasteiger partial charge in [0, 0.05) is 25.4 Å². The van der Waals surface area contributed by atoms with Crippen molar-refractivity contribution in [2.75, 3.05) is 13.1 Å². The number of benzene rings is 1. The van der Waals surface area contributed by atoms with Crippen molar-refractivity contribution in [3.8, 4) is 0 Å². The molecule has 1 heterocycles. The highest BCUT2D eigenvalue weighted by atomic mass is 16.2. The molecule has 1 aromatic carbocycles. The Kier molecular flexibility index (Phi) is 7.46. The second-order valence-corrected chi connectivity index (χ2v) is 7.68. The molecule has 2 N–H and O–H groups in total. The quantitative estimate of drug-likeness (QED) is 0.652. The predicted octanol–water partition coefficient (Wildman–Crippen LogP) is 3.19. The number of imidazole rings is 1. The number of hydrogen-bond acceptors (Lipinski definition) is 3. The smallest absolute Gasteiger partial charge is 0.240 e. The van der Waals surface area contributed by atoms with Crippen molar-refractivity contribution >= 4 is 22.8 Å². The second-order valence-electron chi connectivity index (χ2n) is 7.68. The van der Waals surface area contributed by atoms with Gasteiger partial charge in [-0.1, -0.05) is 38.3 Å². The Morgan fingerprint density at radius 1 is 1.11 bits per heavy atom. The number of amides is 2. The van der Waals surface area contributed by atoms with E-state index in [4.69, 9.17) is 4.98 Å². The zero-order chi connectivity index (χ0) is 19.8. The molecule has 0 saturated heterocycles. The van der Waals surface area contributed by atoms with Gasteiger partial charge in [0.05, 0.1) is 11.0 Å². The summed E-state index contributed by atoms with van der Waals surface area (Å²) in [5.74, 6) is 1.31. The fourth-order valence-electron chi connectivity index (χ4n) is 3.92. The van der Waals surface area contributed by atoms with Crippen LogP contribution in [0, 0.1) is 5.92 Å². The molecule has 0 radical (unpaired) electrons. The summed E-state index contributed by atoms with van der Waals surface area (Å²) in [5, 5.41) is 6.03. The first-order valence-electron chi connectivity index (χ1n) is 10.7. The molecule has 6 nitrogen and oxygen atoms in total. The van der Waals surface area contributed by atoms with E-state index in [1.165, 1.54) is 19.3 Å². The normalized spacial score (nSPS) is 14.9. The maximum absolute atomic E-state index is 12.3. The van der Waals surface area contributed by atoms with Crippen molar-refractivity contribution in [3.05, 3.63) is 30.1 Å². The van der Waals surface area contributed by atoms with Crippen LogP contribution in [0.1, 0.15) is 57.7 Å². The molecular formula is C22H32N4O2. The third-order valence-corrected chi connectivity index (χ3v) is 5.46. The van der Waals surface area contributed by atoms with Crippen LogP contribution in [0.2, 0.25) is 0 Å². The molecule has 1 aliphatic carbocycles. The third kappa shape index (κ3) is 5.33. The van der Waals surface area contributed by atoms with Gasteiger partial charge in [0.2, 0.25) is 11.8 Å². The van der Waals surface area contributed by atoms with E-state index in [2.05, 4.69) is 10.6 Å². The predicted molar refractivity (Wildman–Crippen MR) is 111 cm³/mol. The van der Waals surface area contributed by atoms with Gasteiger partial charge in [-0.05, 0) is 37.8 Å². The SMILES string of the molecule is CCCNC(=O)Cn1c(CCCNC(=O)C2CCCCC2)nc2ccccc21. The Morgan fingerprint density at radius 2 is 1.89 bits per heavy atom. The Labute approximate surface area is 167 Å². The van der Waals surface area contributed by atoms with E-state index in [-0.39, 0.29) is 24.3 Å². The van der Waals surface area contributed by atoms with Crippen molar-refractivity contribution in [2.45, 2.75) is 64.8 Å². The molecule has 2 aromatic rings. The van der Waals surface area contributed by atoms with Gasteiger partial charge in [-0.3, -0.25) is 9.59 Å². The molecule has 6 heteroatoms. The Morgan fingerprint density at radius 3 is 2.68 bits per heavy atom. The number of rotatable bonds is 9. The lowest BCUT2D eigenvalue weighted by atomic mass is 9.89. The summed E-state index contributed by atoms with van der Waals surface area (Å²) < 4.78 is 2.00. The van der Waals surface area contributed by atoms with Gasteiger partial charge in [-0.25, -0.2) is 4.98 Å². The summed E-state index contributed by atoms with van der Waals surface area (Å²) >= 11 is 0. The van der Waals surface area contributed by atoms with Crippen molar-refractivity contribution in [2.24, 2.45) is 5.92 Å². The van der Waals surface area contributed by atoms with Crippen LogP contribution in [0.5, 0.6) is 0 Å². The number of nitrogens with one attached hydrogen (secondary N) is 2. The maximum Gasteiger partial charge on any atom is 0.240 e. The monoisotopic (exact) mass is 384 g/mol. The van der Waals surface area contributed by atoms with Crippen molar-refractivity contribution < 1.29 is 9.59 Å². The molecule has 0 unspecified atom stereocenters. The Balaban J connectivity index is 1.58. The first-order valence-corrected chi connectivity index (χ1v) is 10.7. The molecule has 1 aliphatic rings. The van der Waals surface area contributed by atoms with E-state index < -0.39 is 0 Å². The van der Waals surface area contributed by atoms with Crippen LogP contribution in [0.3, 0.4) is 0 Å². The third-order valence-electron chi connectivity index (χ3n) is 5.46. The lowest BCUT2D eigenvalue weighted by Crippen LogP contribution is -2.33. The maximum atomic E-state index is 12.3. The van der Waals surface area contributed by atoms with Gasteiger partial charge in [0.1, 0.15) is 12.4 Å². The zero-order valence-corrected chi connectivity index (χ0v) is 16.9. The summed E-state index contributed by atoms with van der Waals surface area (Å²) in [5.41, 5.74) is 1.89. The number of fused-ring (bicyclic) bond motifs is 1. The number of hydrogen-bond donors (Lipinski definition) is 2. The molecular weight excluding hydrogens is 352 g/mol. The van der Waals surface area contributed by atoms with E-state index in [1.54, 1.807) is 0 Å². The highest BCUT2D eigenvalue weighted by Crippen LogP contribution is 2.23. The van der Waals surface area contributed by atoms with Crippen LogP contribution in [-0.4, -0.2) is 34.5 Å². The first-order chi connectivity index (χ1) is 13.7. The zero-order valence-electron chi connectivity index (χ0n) is 16.9. The molecule has 0 aliphatic heterocycles. The average Bonchev–Trinajstić information content (AvgIpc) is 3.07. The molecule has 3 rings (SSSR count). The molecule has 0 spiro atoms. The van der Waals surface area contributed by atoms with Crippen molar-refractivity contribution in [3.63, 3.8) is 0 Å². The van der Waals surface area contributed by atoms with Crippen LogP contribution < -0.4 is 10.6 Å². The van der Waals surface area contributed by atoms with Gasteiger partial charge in [0.25, 0.3) is 0 Å². The topological polar surface area (TPSA) is 76.0 Å². The summed E-state index contributed by atoms with van der Waals surface area (Å²) in [6.45, 7) is 3.67. The fourth-order valence-corrected chi connectivity index (χ4v) is 3.92. The van der Waals surface area contributed by atoms with Crippen LogP contribution in [-0.2, 0) is 22.6 Å². The Hall–Kier alpha value is -2.37. The summed E-state index contributed by atoms with van der Waals surface area (Å²) in [4.78, 5) is 29.2. The number of aryl methyl sites for hydroxylation is 1. The fraction of sp³-hybridized carbons (Fsp3) is 0.591. The molecule has 1 aromatic heterocycles. The first kappa shape index (κ1) is 20.4. The van der Waals surface area contributed by atoms with E-state index in [0.717, 1.165) is 49.0 Å². The molecule has 28 heavy (non-hydrogen) atoms. The summed E-state index contributed by atoms with van der Waals surface area (Å²) in [7, 11) is 0. The molecule has 152 valence electrons. The van der Waals surface area contributed by atoms with E-state index >= 15 is 0 Å². The number of para-hydroxylation sites is 2. The van der Waals surface area contributed by atoms with Crippen LogP contribution in [0.4, 0.5) is 0 Å². The van der Waals surface area contributed by atoms with Crippen LogP contribution >= 0.6 is 0 Å². The van der Waals surface area contributed by atoms with E-state index in [9.17, 15) is 9.59 Å². The van der Waals surface area contributed by atoms with Gasteiger partial charge in [-0.2, -0.15) is 0 Å². The highest BCUT2D eigenvalue weighted by Gasteiger charge is 2.20. The lowest BCUT2D eigenvalue weighted by molar-refractivity contribution is -0.126. The lowest BCUT2D eigenvalue weighted by Gasteiger charge is -2.20. The Bertz CT molecular complexity index is 793. The van der Waals surface area contributed by atoms with Crippen molar-refractivity contribution in [1.29, 1.82) is 0 Å². The number of carbonyl (C=O) groups is 2. The minimum absolute atomic E-state index is 0.0110. The van der Waals surface area contributed by atoms with Crippen LogP contribution in [0.25, 0.3) is 11.0 Å². The number of carbonyl (C=O) groups excluding carboxylic acids is 2. The molecule has 2 amide bonds. The van der Waals surface area contributed by atoms with Gasteiger partial charge in [-0.15, -0.1) is 0 Å². The molecule has 0 bridgehead atoms. The van der Waals surface area contributed by atoms with Gasteiger partial charge >= 0.3 is 0 Å².